The fourth-order valence-electron chi connectivity index (χ4n) is 4.80. The van der Waals surface area contributed by atoms with Crippen molar-refractivity contribution in [2.24, 2.45) is 5.73 Å². The highest BCUT2D eigenvalue weighted by Gasteiger charge is 2.19. The summed E-state index contributed by atoms with van der Waals surface area (Å²) >= 11 is 0. The number of primary amides is 1. The van der Waals surface area contributed by atoms with Gasteiger partial charge in [-0.05, 0) is 67.6 Å². The summed E-state index contributed by atoms with van der Waals surface area (Å²) in [5, 5.41) is 6.40. The van der Waals surface area contributed by atoms with E-state index in [0.717, 1.165) is 52.5 Å². The number of ether oxygens (including phenoxy) is 1. The van der Waals surface area contributed by atoms with E-state index in [9.17, 15) is 9.59 Å². The Labute approximate surface area is 236 Å². The Morgan fingerprint density at radius 1 is 0.878 bits per heavy atom. The summed E-state index contributed by atoms with van der Waals surface area (Å²) in [4.78, 5) is 36.4. The Morgan fingerprint density at radius 2 is 1.63 bits per heavy atom. The molecule has 41 heavy (non-hydrogen) atoms. The molecule has 1 aliphatic rings. The smallest absolute Gasteiger partial charge is 0.323 e. The quantitative estimate of drug-likeness (QED) is 0.257. The Bertz CT molecular complexity index is 1740. The number of para-hydroxylation sites is 1. The third-order valence-electron chi connectivity index (χ3n) is 6.85. The fraction of sp³-hybridized carbons (Fsp3) is 0.161. The molecular formula is C31H28N6O4. The van der Waals surface area contributed by atoms with E-state index in [1.165, 1.54) is 0 Å². The first-order chi connectivity index (χ1) is 19.9. The second-order valence-corrected chi connectivity index (χ2v) is 9.68. The number of rotatable bonds is 6. The van der Waals surface area contributed by atoms with Crippen LogP contribution in [0.4, 0.5) is 22.0 Å². The molecule has 0 atom stereocenters. The Kier molecular flexibility index (Phi) is 7.05. The second kappa shape index (κ2) is 11.1. The number of nitrogens with one attached hydrogen (secondary N) is 2. The van der Waals surface area contributed by atoms with E-state index in [-0.39, 0.29) is 5.56 Å². The van der Waals surface area contributed by atoms with Crippen molar-refractivity contribution in [1.82, 2.24) is 9.97 Å². The Morgan fingerprint density at radius 3 is 2.37 bits per heavy atom. The van der Waals surface area contributed by atoms with Crippen LogP contribution in [-0.2, 0) is 4.74 Å². The number of aromatic nitrogens is 2. The molecule has 3 aromatic carbocycles. The molecule has 0 aliphatic carbocycles. The van der Waals surface area contributed by atoms with Crippen LogP contribution in [0.3, 0.4) is 0 Å². The zero-order valence-corrected chi connectivity index (χ0v) is 22.4. The number of amides is 3. The molecule has 0 radical (unpaired) electrons. The van der Waals surface area contributed by atoms with Crippen LogP contribution in [0.2, 0.25) is 0 Å². The Hall–Kier alpha value is -5.22. The predicted octanol–water partition coefficient (Wildman–Crippen LogP) is 5.44. The molecule has 1 fully saturated rings. The van der Waals surface area contributed by atoms with E-state index in [0.29, 0.717) is 30.4 Å². The molecule has 206 valence electrons. The van der Waals surface area contributed by atoms with Gasteiger partial charge in [0.15, 0.2) is 5.82 Å². The van der Waals surface area contributed by atoms with Crippen LogP contribution < -0.4 is 21.3 Å². The first kappa shape index (κ1) is 26.0. The maximum atomic E-state index is 12.6. The van der Waals surface area contributed by atoms with E-state index in [2.05, 4.69) is 15.5 Å². The van der Waals surface area contributed by atoms with E-state index in [4.69, 9.17) is 24.9 Å². The first-order valence-corrected chi connectivity index (χ1v) is 13.2. The number of urea groups is 1. The van der Waals surface area contributed by atoms with Crippen LogP contribution in [0, 0.1) is 6.92 Å². The summed E-state index contributed by atoms with van der Waals surface area (Å²) in [6.45, 7) is 4.67. The molecule has 6 rings (SSSR count). The largest absolute Gasteiger partial charge is 0.461 e. The molecule has 3 amide bonds. The molecule has 1 saturated heterocycles. The average Bonchev–Trinajstić information content (AvgIpc) is 3.43. The van der Waals surface area contributed by atoms with Crippen molar-refractivity contribution < 1.29 is 18.7 Å². The zero-order valence-electron chi connectivity index (χ0n) is 22.4. The average molecular weight is 549 g/mol. The minimum Gasteiger partial charge on any atom is -0.461 e. The van der Waals surface area contributed by atoms with Gasteiger partial charge in [-0.15, -0.1) is 0 Å². The molecule has 0 spiro atoms. The van der Waals surface area contributed by atoms with Gasteiger partial charge in [-0.2, -0.15) is 0 Å². The van der Waals surface area contributed by atoms with Crippen LogP contribution in [0.25, 0.3) is 33.6 Å². The third-order valence-corrected chi connectivity index (χ3v) is 6.85. The lowest BCUT2D eigenvalue weighted by Gasteiger charge is -2.29. The predicted molar refractivity (Wildman–Crippen MR) is 158 cm³/mol. The molecule has 1 aliphatic heterocycles. The lowest BCUT2D eigenvalue weighted by Crippen LogP contribution is -2.37. The number of carbonyl (C=O) groups excluding carboxylic acids is 2. The monoisotopic (exact) mass is 548 g/mol. The highest BCUT2D eigenvalue weighted by Crippen LogP contribution is 2.32. The second-order valence-electron chi connectivity index (χ2n) is 9.68. The van der Waals surface area contributed by atoms with Gasteiger partial charge in [0.2, 0.25) is 0 Å². The summed E-state index contributed by atoms with van der Waals surface area (Å²) < 4.78 is 11.4. The van der Waals surface area contributed by atoms with E-state index < -0.39 is 11.9 Å². The van der Waals surface area contributed by atoms with Crippen molar-refractivity contribution >= 4 is 40.0 Å². The van der Waals surface area contributed by atoms with Crippen molar-refractivity contribution in [3.8, 4) is 22.7 Å². The Balaban J connectivity index is 1.29. The number of furan rings is 1. The molecule has 10 heteroatoms. The van der Waals surface area contributed by atoms with E-state index >= 15 is 0 Å². The summed E-state index contributed by atoms with van der Waals surface area (Å²) in [6, 6.07) is 23.3. The summed E-state index contributed by atoms with van der Waals surface area (Å²) in [6.07, 6.45) is 0. The number of nitrogens with two attached hydrogens (primary N) is 1. The maximum absolute atomic E-state index is 12.6. The molecular weight excluding hydrogens is 520 g/mol. The van der Waals surface area contributed by atoms with Crippen molar-refractivity contribution in [2.45, 2.75) is 6.92 Å². The van der Waals surface area contributed by atoms with Crippen molar-refractivity contribution in [3.05, 3.63) is 90.2 Å². The number of morpholine rings is 1. The summed E-state index contributed by atoms with van der Waals surface area (Å²) in [5.41, 5.74) is 9.07. The van der Waals surface area contributed by atoms with Crippen LogP contribution in [0.5, 0.6) is 0 Å². The maximum Gasteiger partial charge on any atom is 0.323 e. The van der Waals surface area contributed by atoms with Crippen molar-refractivity contribution in [2.75, 3.05) is 41.8 Å². The number of hydrogen-bond donors (Lipinski definition) is 3. The van der Waals surface area contributed by atoms with Crippen molar-refractivity contribution in [1.29, 1.82) is 0 Å². The van der Waals surface area contributed by atoms with Gasteiger partial charge in [-0.3, -0.25) is 4.79 Å². The number of hydrogen-bond acceptors (Lipinski definition) is 7. The van der Waals surface area contributed by atoms with Crippen LogP contribution >= 0.6 is 0 Å². The van der Waals surface area contributed by atoms with Gasteiger partial charge in [-0.25, -0.2) is 14.8 Å². The summed E-state index contributed by atoms with van der Waals surface area (Å²) in [5.74, 6) is 2.42. The number of aryl methyl sites for hydroxylation is 1. The minimum atomic E-state index is -0.622. The van der Waals surface area contributed by atoms with Crippen molar-refractivity contribution in [3.63, 3.8) is 0 Å². The number of nitrogens with zero attached hydrogens (tertiary/aromatic N) is 3. The topological polar surface area (TPSA) is 136 Å². The van der Waals surface area contributed by atoms with E-state index in [1.54, 1.807) is 36.4 Å². The molecule has 0 saturated carbocycles. The standard InChI is InChI=1S/C31H28N6O4/c1-19-6-13-27(41-19)21-9-12-24-26(18-21)34-29(36-30(24)37-14-16-40-17-15-37)20-7-10-22(11-8-20)33-31(39)35-25-5-3-2-4-23(25)28(32)38/h2-13,18H,14-17H2,1H3,(H2,32,38)(H2,33,35,39). The van der Waals surface area contributed by atoms with Gasteiger partial charge in [0.05, 0.1) is 30.0 Å². The van der Waals surface area contributed by atoms with Gasteiger partial charge in [0.1, 0.15) is 17.3 Å². The fourth-order valence-corrected chi connectivity index (χ4v) is 4.80. The molecule has 2 aromatic heterocycles. The summed E-state index contributed by atoms with van der Waals surface area (Å²) in [7, 11) is 0. The molecule has 0 bridgehead atoms. The SMILES string of the molecule is Cc1ccc(-c2ccc3c(N4CCOCC4)nc(-c4ccc(NC(=O)Nc5ccccc5C(N)=O)cc4)nc3c2)o1. The zero-order chi connectivity index (χ0) is 28.3. The number of benzene rings is 3. The van der Waals surface area contributed by atoms with Gasteiger partial charge in [0, 0.05) is 35.3 Å². The lowest BCUT2D eigenvalue weighted by atomic mass is 10.1. The van der Waals surface area contributed by atoms with Crippen LogP contribution in [0.1, 0.15) is 16.1 Å². The van der Waals surface area contributed by atoms with Crippen LogP contribution in [0.15, 0.2) is 83.3 Å². The molecule has 10 nitrogen and oxygen atoms in total. The highest BCUT2D eigenvalue weighted by molar-refractivity contribution is 6.06. The minimum absolute atomic E-state index is 0.230. The molecule has 0 unspecified atom stereocenters. The first-order valence-electron chi connectivity index (χ1n) is 13.2. The number of fused-ring (bicyclic) bond motifs is 1. The van der Waals surface area contributed by atoms with Gasteiger partial charge >= 0.3 is 6.03 Å². The number of carbonyl (C=O) groups is 2. The molecule has 5 aromatic rings. The third kappa shape index (κ3) is 5.59. The number of anilines is 3. The normalized spacial score (nSPS) is 13.2. The molecule has 4 N–H and O–H groups in total. The highest BCUT2D eigenvalue weighted by atomic mass is 16.5. The van der Waals surface area contributed by atoms with Gasteiger partial charge in [0.25, 0.3) is 5.91 Å². The molecule has 3 heterocycles. The van der Waals surface area contributed by atoms with Gasteiger partial charge in [-0.1, -0.05) is 18.2 Å². The van der Waals surface area contributed by atoms with Gasteiger partial charge < -0.3 is 30.4 Å². The lowest BCUT2D eigenvalue weighted by molar-refractivity contribution is 0.100. The van der Waals surface area contributed by atoms with E-state index in [1.807, 2.05) is 49.4 Å². The van der Waals surface area contributed by atoms with Crippen LogP contribution in [-0.4, -0.2) is 48.2 Å².